The van der Waals surface area contributed by atoms with E-state index in [1.807, 2.05) is 6.07 Å². The molecule has 4 heteroatoms. The van der Waals surface area contributed by atoms with E-state index in [-0.39, 0.29) is 5.78 Å². The summed E-state index contributed by atoms with van der Waals surface area (Å²) in [6.45, 7) is 4.41. The molecule has 0 aliphatic carbocycles. The van der Waals surface area contributed by atoms with Crippen LogP contribution in [0.2, 0.25) is 0 Å². The van der Waals surface area contributed by atoms with E-state index in [9.17, 15) is 4.79 Å². The van der Waals surface area contributed by atoms with Gasteiger partial charge in [-0.05, 0) is 32.0 Å². The SMILES string of the molecule is CC(C)(C#N)C(=O)c1ccc2c(c1)OCCCO2. The highest BCUT2D eigenvalue weighted by Crippen LogP contribution is 2.32. The van der Waals surface area contributed by atoms with Gasteiger partial charge in [0.25, 0.3) is 0 Å². The first-order valence-corrected chi connectivity index (χ1v) is 5.90. The highest BCUT2D eigenvalue weighted by Gasteiger charge is 2.29. The minimum atomic E-state index is -1.03. The number of carbonyl (C=O) groups excluding carboxylic acids is 1. The van der Waals surface area contributed by atoms with E-state index in [0.717, 1.165) is 6.42 Å². The second-order valence-electron chi connectivity index (χ2n) is 4.78. The van der Waals surface area contributed by atoms with Crippen molar-refractivity contribution in [2.75, 3.05) is 13.2 Å². The van der Waals surface area contributed by atoms with Gasteiger partial charge in [0.2, 0.25) is 0 Å². The molecule has 0 aromatic heterocycles. The lowest BCUT2D eigenvalue weighted by Crippen LogP contribution is -2.22. The summed E-state index contributed by atoms with van der Waals surface area (Å²) in [5.41, 5.74) is -0.550. The Morgan fingerprint density at radius 3 is 2.61 bits per heavy atom. The van der Waals surface area contributed by atoms with Crippen LogP contribution < -0.4 is 9.47 Å². The molecule has 1 heterocycles. The van der Waals surface area contributed by atoms with E-state index in [2.05, 4.69) is 0 Å². The van der Waals surface area contributed by atoms with Crippen LogP contribution in [0.15, 0.2) is 18.2 Å². The van der Waals surface area contributed by atoms with Crippen LogP contribution in [-0.4, -0.2) is 19.0 Å². The number of hydrogen-bond donors (Lipinski definition) is 0. The Morgan fingerprint density at radius 1 is 1.28 bits per heavy atom. The van der Waals surface area contributed by atoms with Gasteiger partial charge in [0.15, 0.2) is 17.3 Å². The van der Waals surface area contributed by atoms with E-state index in [4.69, 9.17) is 14.7 Å². The smallest absolute Gasteiger partial charge is 0.182 e. The van der Waals surface area contributed by atoms with Crippen molar-refractivity contribution in [2.24, 2.45) is 5.41 Å². The van der Waals surface area contributed by atoms with Crippen LogP contribution in [0.4, 0.5) is 0 Å². The summed E-state index contributed by atoms with van der Waals surface area (Å²) in [6.07, 6.45) is 0.821. The van der Waals surface area contributed by atoms with Gasteiger partial charge in [-0.1, -0.05) is 0 Å². The predicted molar refractivity (Wildman–Crippen MR) is 65.8 cm³/mol. The maximum Gasteiger partial charge on any atom is 0.182 e. The highest BCUT2D eigenvalue weighted by atomic mass is 16.5. The molecule has 1 aromatic carbocycles. The third kappa shape index (κ3) is 2.30. The van der Waals surface area contributed by atoms with Crippen molar-refractivity contribution >= 4 is 5.78 Å². The Kier molecular flexibility index (Phi) is 3.24. The van der Waals surface area contributed by atoms with Gasteiger partial charge < -0.3 is 9.47 Å². The molecule has 18 heavy (non-hydrogen) atoms. The second-order valence-corrected chi connectivity index (χ2v) is 4.78. The molecule has 0 N–H and O–H groups in total. The van der Waals surface area contributed by atoms with Gasteiger partial charge in [0.05, 0.1) is 19.3 Å². The largest absolute Gasteiger partial charge is 0.490 e. The molecule has 94 valence electrons. The lowest BCUT2D eigenvalue weighted by molar-refractivity contribution is 0.0891. The number of benzene rings is 1. The van der Waals surface area contributed by atoms with Gasteiger partial charge in [-0.25, -0.2) is 0 Å². The van der Waals surface area contributed by atoms with E-state index in [0.29, 0.717) is 30.3 Å². The number of Topliss-reactive ketones (excluding diaryl/α,β-unsaturated/α-hetero) is 1. The van der Waals surface area contributed by atoms with Gasteiger partial charge in [0, 0.05) is 12.0 Å². The average molecular weight is 245 g/mol. The van der Waals surface area contributed by atoms with E-state index in [1.54, 1.807) is 32.0 Å². The molecule has 0 amide bonds. The van der Waals surface area contributed by atoms with Crippen molar-refractivity contribution in [3.05, 3.63) is 23.8 Å². The van der Waals surface area contributed by atoms with Crippen LogP contribution in [0.5, 0.6) is 11.5 Å². The highest BCUT2D eigenvalue weighted by molar-refractivity contribution is 6.02. The third-order valence-corrected chi connectivity index (χ3v) is 2.86. The molecular formula is C14H15NO3. The van der Waals surface area contributed by atoms with Gasteiger partial charge in [0.1, 0.15) is 5.41 Å². The molecule has 1 aliphatic rings. The monoisotopic (exact) mass is 245 g/mol. The molecule has 0 atom stereocenters. The van der Waals surface area contributed by atoms with E-state index < -0.39 is 5.41 Å². The Bertz CT molecular complexity index is 514. The van der Waals surface area contributed by atoms with Crippen molar-refractivity contribution in [2.45, 2.75) is 20.3 Å². The molecule has 2 rings (SSSR count). The van der Waals surface area contributed by atoms with Crippen molar-refractivity contribution < 1.29 is 14.3 Å². The topological polar surface area (TPSA) is 59.3 Å². The fraction of sp³-hybridized carbons (Fsp3) is 0.429. The summed E-state index contributed by atoms with van der Waals surface area (Å²) in [5, 5.41) is 8.98. The molecule has 0 spiro atoms. The quantitative estimate of drug-likeness (QED) is 0.751. The van der Waals surface area contributed by atoms with Gasteiger partial charge >= 0.3 is 0 Å². The second kappa shape index (κ2) is 4.69. The van der Waals surface area contributed by atoms with Gasteiger partial charge in [-0.2, -0.15) is 5.26 Å². The molecule has 0 fully saturated rings. The van der Waals surface area contributed by atoms with Gasteiger partial charge in [-0.3, -0.25) is 4.79 Å². The molecule has 0 bridgehead atoms. The third-order valence-electron chi connectivity index (χ3n) is 2.86. The fourth-order valence-corrected chi connectivity index (χ4v) is 1.72. The van der Waals surface area contributed by atoms with Crippen molar-refractivity contribution in [3.63, 3.8) is 0 Å². The average Bonchev–Trinajstić information content (AvgIpc) is 2.62. The molecule has 0 saturated heterocycles. The number of hydrogen-bond acceptors (Lipinski definition) is 4. The molecule has 0 radical (unpaired) electrons. The van der Waals surface area contributed by atoms with Crippen LogP contribution >= 0.6 is 0 Å². The number of fused-ring (bicyclic) bond motifs is 1. The number of nitriles is 1. The standard InChI is InChI=1S/C14H15NO3/c1-14(2,9-15)13(16)10-4-5-11-12(8-10)18-7-3-6-17-11/h4-5,8H,3,6-7H2,1-2H3. The van der Waals surface area contributed by atoms with Crippen LogP contribution in [0.1, 0.15) is 30.6 Å². The Labute approximate surface area is 106 Å². The van der Waals surface area contributed by atoms with Crippen molar-refractivity contribution in [1.82, 2.24) is 0 Å². The zero-order valence-electron chi connectivity index (χ0n) is 10.5. The first-order valence-electron chi connectivity index (χ1n) is 5.90. The number of rotatable bonds is 2. The van der Waals surface area contributed by atoms with Crippen LogP contribution in [0.3, 0.4) is 0 Å². The maximum absolute atomic E-state index is 12.2. The number of ketones is 1. The van der Waals surface area contributed by atoms with Crippen LogP contribution in [0.25, 0.3) is 0 Å². The predicted octanol–water partition coefficient (Wildman–Crippen LogP) is 2.58. The lowest BCUT2D eigenvalue weighted by atomic mass is 9.86. The summed E-state index contributed by atoms with van der Waals surface area (Å²) < 4.78 is 11.0. The summed E-state index contributed by atoms with van der Waals surface area (Å²) in [7, 11) is 0. The Hall–Kier alpha value is -2.02. The van der Waals surface area contributed by atoms with E-state index in [1.165, 1.54) is 0 Å². The maximum atomic E-state index is 12.2. The first-order chi connectivity index (χ1) is 8.54. The summed E-state index contributed by atoms with van der Waals surface area (Å²) in [5.74, 6) is 1.02. The molecule has 4 nitrogen and oxygen atoms in total. The van der Waals surface area contributed by atoms with Gasteiger partial charge in [-0.15, -0.1) is 0 Å². The number of ether oxygens (including phenoxy) is 2. The van der Waals surface area contributed by atoms with Crippen LogP contribution in [-0.2, 0) is 0 Å². The van der Waals surface area contributed by atoms with Crippen LogP contribution in [0, 0.1) is 16.7 Å². The molecule has 1 aromatic rings. The minimum absolute atomic E-state index is 0.208. The number of carbonyl (C=O) groups is 1. The van der Waals surface area contributed by atoms with E-state index >= 15 is 0 Å². The fourth-order valence-electron chi connectivity index (χ4n) is 1.72. The molecule has 0 unspecified atom stereocenters. The summed E-state index contributed by atoms with van der Waals surface area (Å²) >= 11 is 0. The summed E-state index contributed by atoms with van der Waals surface area (Å²) in [6, 6.07) is 7.06. The zero-order chi connectivity index (χ0) is 13.2. The Morgan fingerprint density at radius 2 is 1.94 bits per heavy atom. The molecule has 0 saturated carbocycles. The zero-order valence-corrected chi connectivity index (χ0v) is 10.5. The minimum Gasteiger partial charge on any atom is -0.490 e. The molecule has 1 aliphatic heterocycles. The molecular weight excluding hydrogens is 230 g/mol. The summed E-state index contributed by atoms with van der Waals surface area (Å²) in [4.78, 5) is 12.2. The number of nitrogens with zero attached hydrogens (tertiary/aromatic N) is 1. The first kappa shape index (κ1) is 12.4. The Balaban J connectivity index is 2.34. The van der Waals surface area contributed by atoms with Crippen molar-refractivity contribution in [1.29, 1.82) is 5.26 Å². The van der Waals surface area contributed by atoms with Crippen molar-refractivity contribution in [3.8, 4) is 17.6 Å². The normalized spacial score (nSPS) is 14.5. The lowest BCUT2D eigenvalue weighted by Gasteiger charge is -2.15.